The van der Waals surface area contributed by atoms with Crippen LogP contribution in [0, 0.1) is 11.3 Å². The topological polar surface area (TPSA) is 45.4 Å². The number of nitriles is 1. The molecule has 0 unspecified atom stereocenters. The van der Waals surface area contributed by atoms with Gasteiger partial charge in [-0.05, 0) is 81.9 Å². The molecule has 1 aromatic carbocycles. The maximum absolute atomic E-state index is 9.45. The van der Waals surface area contributed by atoms with Crippen LogP contribution in [0.2, 0.25) is 0 Å². The summed E-state index contributed by atoms with van der Waals surface area (Å²) in [7, 11) is 0. The lowest BCUT2D eigenvalue weighted by Crippen LogP contribution is -2.11. The Labute approximate surface area is 166 Å². The fraction of sp³-hybridized carbons (Fsp3) is 0.391. The normalized spacial score (nSPS) is 17.7. The molecule has 0 aromatic heterocycles. The van der Waals surface area contributed by atoms with Gasteiger partial charge in [0.2, 0.25) is 0 Å². The zero-order chi connectivity index (χ0) is 19.4. The van der Waals surface area contributed by atoms with Crippen molar-refractivity contribution in [3.63, 3.8) is 0 Å². The van der Waals surface area contributed by atoms with E-state index in [4.69, 9.17) is 9.73 Å². The lowest BCUT2D eigenvalue weighted by atomic mass is 10.0. The van der Waals surface area contributed by atoms with E-state index in [0.29, 0.717) is 11.3 Å². The highest BCUT2D eigenvalue weighted by Crippen LogP contribution is 2.39. The molecule has 0 bridgehead atoms. The molecule has 1 aliphatic heterocycles. The second-order valence-electron chi connectivity index (χ2n) is 7.16. The van der Waals surface area contributed by atoms with Gasteiger partial charge in [0.25, 0.3) is 0 Å². The van der Waals surface area contributed by atoms with E-state index in [1.807, 2.05) is 50.0 Å². The fourth-order valence-electron chi connectivity index (χ4n) is 3.54. The predicted octanol–water partition coefficient (Wildman–Crippen LogP) is 6.17. The molecule has 2 aliphatic rings. The van der Waals surface area contributed by atoms with Crippen molar-refractivity contribution in [2.75, 3.05) is 5.75 Å². The molecule has 0 amide bonds. The van der Waals surface area contributed by atoms with Gasteiger partial charge < -0.3 is 4.74 Å². The number of nitrogens with zero attached hydrogens (tertiary/aromatic N) is 2. The van der Waals surface area contributed by atoms with E-state index in [1.165, 1.54) is 40.9 Å². The van der Waals surface area contributed by atoms with E-state index in [-0.39, 0.29) is 6.10 Å². The van der Waals surface area contributed by atoms with Gasteiger partial charge in [0.15, 0.2) is 0 Å². The summed E-state index contributed by atoms with van der Waals surface area (Å²) in [6.07, 6.45) is 7.89. The second kappa shape index (κ2) is 8.63. The monoisotopic (exact) mass is 378 g/mol. The number of rotatable bonds is 5. The van der Waals surface area contributed by atoms with Crippen LogP contribution in [0.25, 0.3) is 0 Å². The summed E-state index contributed by atoms with van der Waals surface area (Å²) in [5.74, 6) is 1.45. The lowest BCUT2D eigenvalue weighted by molar-refractivity contribution is 0.241. The molecule has 1 aromatic rings. The maximum atomic E-state index is 9.45. The Balaban J connectivity index is 1.86. The number of hydrogen-bond donors (Lipinski definition) is 0. The van der Waals surface area contributed by atoms with Gasteiger partial charge in [-0.2, -0.15) is 5.26 Å². The van der Waals surface area contributed by atoms with Crippen LogP contribution in [0.5, 0.6) is 5.75 Å². The zero-order valence-electron chi connectivity index (χ0n) is 16.5. The number of benzene rings is 1. The predicted molar refractivity (Wildman–Crippen MR) is 114 cm³/mol. The van der Waals surface area contributed by atoms with Crippen LogP contribution in [0.3, 0.4) is 0 Å². The van der Waals surface area contributed by atoms with Crippen LogP contribution >= 0.6 is 11.8 Å². The Hall–Kier alpha value is -2.25. The molecular formula is C23H26N2OS. The molecule has 0 N–H and O–H groups in total. The van der Waals surface area contributed by atoms with Crippen LogP contribution in [-0.2, 0) is 0 Å². The number of ether oxygens (including phenoxy) is 1. The van der Waals surface area contributed by atoms with Crippen molar-refractivity contribution < 1.29 is 4.74 Å². The van der Waals surface area contributed by atoms with E-state index in [0.717, 1.165) is 17.0 Å². The SMILES string of the molecule is C/C=C(/C1=CN=C(c2ccc(OC(C)C)c(C#N)c2)CS1)C1=C(C)CCC1. The smallest absolute Gasteiger partial charge is 0.137 e. The van der Waals surface area contributed by atoms with E-state index in [1.54, 1.807) is 0 Å². The van der Waals surface area contributed by atoms with Gasteiger partial charge in [-0.15, -0.1) is 11.8 Å². The lowest BCUT2D eigenvalue weighted by Gasteiger charge is -2.18. The summed E-state index contributed by atoms with van der Waals surface area (Å²) in [4.78, 5) is 5.98. The number of allylic oxidation sites excluding steroid dienone is 4. The van der Waals surface area contributed by atoms with Crippen molar-refractivity contribution in [1.82, 2.24) is 0 Å². The van der Waals surface area contributed by atoms with Gasteiger partial charge in [0.1, 0.15) is 11.8 Å². The molecule has 140 valence electrons. The molecule has 4 heteroatoms. The summed E-state index contributed by atoms with van der Waals surface area (Å²) in [6, 6.07) is 8.00. The largest absolute Gasteiger partial charge is 0.490 e. The Morgan fingerprint density at radius 3 is 2.70 bits per heavy atom. The summed E-state index contributed by atoms with van der Waals surface area (Å²) in [6.45, 7) is 8.28. The maximum Gasteiger partial charge on any atom is 0.137 e. The summed E-state index contributed by atoms with van der Waals surface area (Å²) in [5.41, 5.74) is 6.91. The van der Waals surface area contributed by atoms with E-state index in [2.05, 4.69) is 26.0 Å². The van der Waals surface area contributed by atoms with Crippen LogP contribution in [0.4, 0.5) is 0 Å². The van der Waals surface area contributed by atoms with Crippen molar-refractivity contribution in [2.24, 2.45) is 4.99 Å². The fourth-order valence-corrected chi connectivity index (χ4v) is 4.60. The van der Waals surface area contributed by atoms with Crippen molar-refractivity contribution in [3.8, 4) is 11.8 Å². The Morgan fingerprint density at radius 2 is 2.15 bits per heavy atom. The van der Waals surface area contributed by atoms with Crippen LogP contribution < -0.4 is 4.74 Å². The standard InChI is InChI=1S/C23H26N2OS/c1-5-19(20-8-6-7-16(20)4)23-13-25-21(14-27-23)17-9-10-22(26-15(2)3)18(11-17)12-24/h5,9-11,13,15H,6-8,14H2,1-4H3/b19-5+. The van der Waals surface area contributed by atoms with Gasteiger partial charge in [-0.3, -0.25) is 4.99 Å². The van der Waals surface area contributed by atoms with Crippen molar-refractivity contribution in [2.45, 2.75) is 53.1 Å². The molecule has 0 atom stereocenters. The first-order valence-corrected chi connectivity index (χ1v) is 10.5. The van der Waals surface area contributed by atoms with Gasteiger partial charge in [0, 0.05) is 16.9 Å². The van der Waals surface area contributed by atoms with E-state index in [9.17, 15) is 5.26 Å². The number of thioether (sulfide) groups is 1. The van der Waals surface area contributed by atoms with Crippen molar-refractivity contribution >= 4 is 17.5 Å². The molecule has 1 aliphatic carbocycles. The van der Waals surface area contributed by atoms with E-state index < -0.39 is 0 Å². The third kappa shape index (κ3) is 4.36. The molecule has 0 fully saturated rings. The third-order valence-corrected chi connectivity index (χ3v) is 5.93. The second-order valence-corrected chi connectivity index (χ2v) is 8.18. The molecule has 3 rings (SSSR count). The van der Waals surface area contributed by atoms with E-state index >= 15 is 0 Å². The summed E-state index contributed by atoms with van der Waals surface area (Å²) < 4.78 is 5.72. The highest BCUT2D eigenvalue weighted by Gasteiger charge is 2.20. The summed E-state index contributed by atoms with van der Waals surface area (Å²) >= 11 is 1.83. The first kappa shape index (κ1) is 19.5. The summed E-state index contributed by atoms with van der Waals surface area (Å²) in [5, 5.41) is 9.45. The molecule has 3 nitrogen and oxygen atoms in total. The minimum absolute atomic E-state index is 0.0450. The van der Waals surface area contributed by atoms with Crippen LogP contribution in [0.15, 0.2) is 57.1 Å². The Kier molecular flexibility index (Phi) is 6.23. The van der Waals surface area contributed by atoms with Gasteiger partial charge in [-0.1, -0.05) is 11.6 Å². The minimum atomic E-state index is 0.0450. The minimum Gasteiger partial charge on any atom is -0.490 e. The zero-order valence-corrected chi connectivity index (χ0v) is 17.3. The average Bonchev–Trinajstić information content (AvgIpc) is 3.09. The molecule has 27 heavy (non-hydrogen) atoms. The highest BCUT2D eigenvalue weighted by molar-refractivity contribution is 8.04. The Morgan fingerprint density at radius 1 is 1.33 bits per heavy atom. The van der Waals surface area contributed by atoms with Gasteiger partial charge >= 0.3 is 0 Å². The molecule has 0 saturated heterocycles. The molecule has 0 spiro atoms. The molecular weight excluding hydrogens is 352 g/mol. The highest BCUT2D eigenvalue weighted by atomic mass is 32.2. The van der Waals surface area contributed by atoms with Crippen molar-refractivity contribution in [1.29, 1.82) is 5.26 Å². The number of hydrogen-bond acceptors (Lipinski definition) is 4. The average molecular weight is 379 g/mol. The van der Waals surface area contributed by atoms with Gasteiger partial charge in [0.05, 0.1) is 17.4 Å². The first-order chi connectivity index (χ1) is 13.0. The van der Waals surface area contributed by atoms with Crippen LogP contribution in [0.1, 0.15) is 58.1 Å². The van der Waals surface area contributed by atoms with Gasteiger partial charge in [-0.25, -0.2) is 0 Å². The number of aliphatic imine (C=N–C) groups is 1. The quantitative estimate of drug-likeness (QED) is 0.615. The molecule has 1 heterocycles. The van der Waals surface area contributed by atoms with Crippen molar-refractivity contribution in [3.05, 3.63) is 63.2 Å². The molecule has 0 radical (unpaired) electrons. The molecule has 0 saturated carbocycles. The first-order valence-electron chi connectivity index (χ1n) is 9.50. The third-order valence-electron chi connectivity index (χ3n) is 4.87. The van der Waals surface area contributed by atoms with Crippen LogP contribution in [-0.4, -0.2) is 17.6 Å². The Bertz CT molecular complexity index is 897.